The summed E-state index contributed by atoms with van der Waals surface area (Å²) in [4.78, 5) is 39.6. The van der Waals surface area contributed by atoms with Crippen LogP contribution in [0.4, 0.5) is 10.5 Å². The van der Waals surface area contributed by atoms with Gasteiger partial charge in [-0.15, -0.1) is 0 Å². The zero-order chi connectivity index (χ0) is 34.1. The van der Waals surface area contributed by atoms with E-state index in [4.69, 9.17) is 36.5 Å². The molecule has 13 nitrogen and oxygen atoms in total. The standard InChI is InChI=1S/C34H41N7O6/c1-34(2,3)47-33(44)39-15-12-29(42)41-16-13-23(14-17-41)32(43)40-24-18-27(45-25-8-4-21(5-9-25)30(35)36)20-28(19-24)46-26-10-6-22(7-11-26)31(37)38/h4-11,18-20,23H,12-17H2,1-3H3,(H3,35,36)(H3,37,38)(H,39,44)(H,40,43). The lowest BCUT2D eigenvalue weighted by molar-refractivity contribution is -0.134. The van der Waals surface area contributed by atoms with Crippen molar-refractivity contribution in [3.05, 3.63) is 77.9 Å². The lowest BCUT2D eigenvalue weighted by Gasteiger charge is -2.31. The zero-order valence-electron chi connectivity index (χ0n) is 26.7. The molecule has 47 heavy (non-hydrogen) atoms. The van der Waals surface area contributed by atoms with Crippen molar-refractivity contribution < 1.29 is 28.6 Å². The van der Waals surface area contributed by atoms with Crippen LogP contribution in [0.15, 0.2) is 66.7 Å². The van der Waals surface area contributed by atoms with Crippen molar-refractivity contribution >= 4 is 35.3 Å². The maximum atomic E-state index is 13.3. The van der Waals surface area contributed by atoms with E-state index in [1.165, 1.54) is 0 Å². The Bertz CT molecular complexity index is 1530. The summed E-state index contributed by atoms with van der Waals surface area (Å²) in [5.41, 5.74) is 12.1. The van der Waals surface area contributed by atoms with Gasteiger partial charge >= 0.3 is 6.09 Å². The first kappa shape index (κ1) is 34.3. The third-order valence-corrected chi connectivity index (χ3v) is 7.18. The van der Waals surface area contributed by atoms with E-state index in [2.05, 4.69) is 10.6 Å². The van der Waals surface area contributed by atoms with Crippen LogP contribution < -0.4 is 31.6 Å². The molecule has 0 atom stereocenters. The van der Waals surface area contributed by atoms with E-state index >= 15 is 0 Å². The number of anilines is 1. The molecule has 8 N–H and O–H groups in total. The van der Waals surface area contributed by atoms with Gasteiger partial charge in [0.15, 0.2) is 0 Å². The lowest BCUT2D eigenvalue weighted by Crippen LogP contribution is -2.42. The molecule has 0 saturated carbocycles. The van der Waals surface area contributed by atoms with Crippen LogP contribution in [0.3, 0.4) is 0 Å². The lowest BCUT2D eigenvalue weighted by atomic mass is 9.95. The molecule has 13 heteroatoms. The highest BCUT2D eigenvalue weighted by Gasteiger charge is 2.28. The maximum Gasteiger partial charge on any atom is 0.407 e. The molecule has 1 aliphatic rings. The third kappa shape index (κ3) is 10.5. The van der Waals surface area contributed by atoms with Gasteiger partial charge in [0, 0.05) is 67.0 Å². The minimum atomic E-state index is -0.619. The second kappa shape index (κ2) is 15.1. The molecule has 0 aromatic heterocycles. The van der Waals surface area contributed by atoms with Crippen LogP contribution in [0.5, 0.6) is 23.0 Å². The summed E-state index contributed by atoms with van der Waals surface area (Å²) < 4.78 is 17.3. The highest BCUT2D eigenvalue weighted by Crippen LogP contribution is 2.33. The number of hydrogen-bond donors (Lipinski definition) is 6. The Morgan fingerprint density at radius 2 is 1.30 bits per heavy atom. The SMILES string of the molecule is CC(C)(C)OC(=O)NCCC(=O)N1CCC(C(=O)Nc2cc(Oc3ccc(C(=N)N)cc3)cc(Oc3ccc(C(=N)N)cc3)c2)CC1. The normalized spacial score (nSPS) is 13.3. The predicted molar refractivity (Wildman–Crippen MR) is 178 cm³/mol. The van der Waals surface area contributed by atoms with E-state index in [1.54, 1.807) is 92.4 Å². The van der Waals surface area contributed by atoms with Crippen LogP contribution >= 0.6 is 0 Å². The Morgan fingerprint density at radius 1 is 0.809 bits per heavy atom. The molecule has 1 fully saturated rings. The summed E-state index contributed by atoms with van der Waals surface area (Å²) in [6, 6.07) is 18.5. The van der Waals surface area contributed by atoms with Crippen LogP contribution in [0.25, 0.3) is 0 Å². The predicted octanol–water partition coefficient (Wildman–Crippen LogP) is 4.93. The summed E-state index contributed by atoms with van der Waals surface area (Å²) >= 11 is 0. The number of benzene rings is 3. The number of likely N-dealkylation sites (tertiary alicyclic amines) is 1. The quantitative estimate of drug-likeness (QED) is 0.124. The highest BCUT2D eigenvalue weighted by atomic mass is 16.6. The minimum Gasteiger partial charge on any atom is -0.457 e. The van der Waals surface area contributed by atoms with Crippen molar-refractivity contribution in [1.29, 1.82) is 10.8 Å². The number of nitrogens with two attached hydrogens (primary N) is 2. The molecule has 0 bridgehead atoms. The molecular formula is C34H41N7O6. The fourth-order valence-electron chi connectivity index (χ4n) is 4.82. The molecule has 3 amide bonds. The van der Waals surface area contributed by atoms with Crippen LogP contribution in [-0.2, 0) is 14.3 Å². The molecule has 1 heterocycles. The van der Waals surface area contributed by atoms with Crippen LogP contribution in [0.1, 0.15) is 51.2 Å². The van der Waals surface area contributed by atoms with Crippen LogP contribution in [0, 0.1) is 16.7 Å². The second-order valence-corrected chi connectivity index (χ2v) is 12.1. The van der Waals surface area contributed by atoms with Crippen molar-refractivity contribution in [1.82, 2.24) is 10.2 Å². The van der Waals surface area contributed by atoms with E-state index in [0.29, 0.717) is 65.7 Å². The molecule has 3 aromatic carbocycles. The number of amides is 3. The number of nitrogens with one attached hydrogen (secondary N) is 4. The summed E-state index contributed by atoms with van der Waals surface area (Å²) in [5.74, 6) is 1.07. The molecule has 3 aromatic rings. The molecule has 248 valence electrons. The van der Waals surface area contributed by atoms with E-state index in [1.807, 2.05) is 0 Å². The van der Waals surface area contributed by atoms with E-state index in [0.717, 1.165) is 0 Å². The minimum absolute atomic E-state index is 0.0573. The molecular weight excluding hydrogens is 602 g/mol. The maximum absolute atomic E-state index is 13.3. The second-order valence-electron chi connectivity index (χ2n) is 12.1. The number of hydrogen-bond acceptors (Lipinski definition) is 8. The van der Waals surface area contributed by atoms with Gasteiger partial charge in [0.2, 0.25) is 11.8 Å². The number of carbonyl (C=O) groups excluding carboxylic acids is 3. The number of ether oxygens (including phenoxy) is 3. The van der Waals surface area contributed by atoms with Gasteiger partial charge in [-0.25, -0.2) is 4.79 Å². The topological polar surface area (TPSA) is 206 Å². The average molecular weight is 644 g/mol. The van der Waals surface area contributed by atoms with Gasteiger partial charge in [-0.05, 0) is 82.1 Å². The Morgan fingerprint density at radius 3 is 1.74 bits per heavy atom. The molecule has 0 aliphatic carbocycles. The Labute approximate surface area is 273 Å². The number of rotatable bonds is 11. The van der Waals surface area contributed by atoms with Gasteiger partial charge in [-0.2, -0.15) is 0 Å². The monoisotopic (exact) mass is 643 g/mol. The fourth-order valence-corrected chi connectivity index (χ4v) is 4.82. The average Bonchev–Trinajstić information content (AvgIpc) is 3.00. The van der Waals surface area contributed by atoms with Crippen molar-refractivity contribution in [3.8, 4) is 23.0 Å². The Balaban J connectivity index is 1.39. The fraction of sp³-hybridized carbons (Fsp3) is 0.324. The number of nitrogens with zero attached hydrogens (tertiary/aromatic N) is 1. The van der Waals surface area contributed by atoms with Crippen molar-refractivity contribution in [2.75, 3.05) is 25.0 Å². The van der Waals surface area contributed by atoms with Crippen molar-refractivity contribution in [2.24, 2.45) is 17.4 Å². The summed E-state index contributed by atoms with van der Waals surface area (Å²) in [6.07, 6.45) is 0.546. The van der Waals surface area contributed by atoms with Crippen LogP contribution in [0.2, 0.25) is 0 Å². The van der Waals surface area contributed by atoms with Gasteiger partial charge in [-0.1, -0.05) is 0 Å². The third-order valence-electron chi connectivity index (χ3n) is 7.18. The zero-order valence-corrected chi connectivity index (χ0v) is 26.7. The Kier molecular flexibility index (Phi) is 11.0. The number of alkyl carbamates (subject to hydrolysis) is 1. The van der Waals surface area contributed by atoms with Gasteiger partial charge < -0.3 is 41.2 Å². The molecule has 4 rings (SSSR count). The first-order valence-electron chi connectivity index (χ1n) is 15.2. The summed E-state index contributed by atoms with van der Waals surface area (Å²) in [6.45, 7) is 6.32. The first-order chi connectivity index (χ1) is 22.3. The molecule has 0 spiro atoms. The van der Waals surface area contributed by atoms with E-state index < -0.39 is 11.7 Å². The Hall–Kier alpha value is -5.59. The number of piperidine rings is 1. The molecule has 0 unspecified atom stereocenters. The summed E-state index contributed by atoms with van der Waals surface area (Å²) in [5, 5.41) is 20.8. The van der Waals surface area contributed by atoms with E-state index in [9.17, 15) is 14.4 Å². The van der Waals surface area contributed by atoms with Gasteiger partial charge in [-0.3, -0.25) is 20.4 Å². The smallest absolute Gasteiger partial charge is 0.407 e. The number of amidine groups is 2. The summed E-state index contributed by atoms with van der Waals surface area (Å²) in [7, 11) is 0. The number of nitrogen functional groups attached to an aromatic ring is 2. The highest BCUT2D eigenvalue weighted by molar-refractivity contribution is 5.95. The van der Waals surface area contributed by atoms with Gasteiger partial charge in [0.25, 0.3) is 0 Å². The molecule has 1 saturated heterocycles. The van der Waals surface area contributed by atoms with Gasteiger partial charge in [0.05, 0.1) is 0 Å². The van der Waals surface area contributed by atoms with Gasteiger partial charge in [0.1, 0.15) is 40.3 Å². The van der Waals surface area contributed by atoms with Crippen molar-refractivity contribution in [2.45, 2.75) is 45.6 Å². The number of carbonyl (C=O) groups is 3. The van der Waals surface area contributed by atoms with Crippen molar-refractivity contribution in [3.63, 3.8) is 0 Å². The largest absolute Gasteiger partial charge is 0.457 e. The van der Waals surface area contributed by atoms with E-state index in [-0.39, 0.29) is 42.4 Å². The van der Waals surface area contributed by atoms with Crippen LogP contribution in [-0.4, -0.2) is 59.7 Å². The molecule has 0 radical (unpaired) electrons. The first-order valence-corrected chi connectivity index (χ1v) is 15.2. The molecule has 1 aliphatic heterocycles.